The Morgan fingerprint density at radius 3 is 3.00 bits per heavy atom. The molecule has 0 aliphatic carbocycles. The maximum atomic E-state index is 12.5. The summed E-state index contributed by atoms with van der Waals surface area (Å²) < 4.78 is 7.17. The average molecular weight is 332 g/mol. The number of aromatic nitrogens is 3. The quantitative estimate of drug-likeness (QED) is 0.621. The Labute approximate surface area is 144 Å². The lowest BCUT2D eigenvalue weighted by atomic mass is 10.1. The monoisotopic (exact) mass is 332 g/mol. The SMILES string of the molecule is Cc1ccc2c(CC(=O)Nc3cccnc3-n3cccn3)coc2c1. The first kappa shape index (κ1) is 15.1. The zero-order chi connectivity index (χ0) is 17.2. The van der Waals surface area contributed by atoms with Crippen molar-refractivity contribution >= 4 is 22.6 Å². The summed E-state index contributed by atoms with van der Waals surface area (Å²) in [5.74, 6) is 0.443. The van der Waals surface area contributed by atoms with E-state index in [1.807, 2.05) is 25.1 Å². The number of fused-ring (bicyclic) bond motifs is 1. The number of pyridine rings is 1. The number of nitrogens with zero attached hydrogens (tertiary/aromatic N) is 3. The van der Waals surface area contributed by atoms with Gasteiger partial charge < -0.3 is 9.73 Å². The molecule has 6 nitrogen and oxygen atoms in total. The van der Waals surface area contributed by atoms with Crippen LogP contribution in [0.4, 0.5) is 5.69 Å². The minimum absolute atomic E-state index is 0.135. The van der Waals surface area contributed by atoms with Crippen LogP contribution in [0.3, 0.4) is 0 Å². The maximum absolute atomic E-state index is 12.5. The molecular weight excluding hydrogens is 316 g/mol. The molecule has 0 atom stereocenters. The van der Waals surface area contributed by atoms with Crippen molar-refractivity contribution in [2.45, 2.75) is 13.3 Å². The van der Waals surface area contributed by atoms with Gasteiger partial charge in [0, 0.05) is 29.5 Å². The maximum Gasteiger partial charge on any atom is 0.229 e. The summed E-state index contributed by atoms with van der Waals surface area (Å²) in [4.78, 5) is 16.8. The molecule has 1 aromatic carbocycles. The molecule has 4 aromatic rings. The lowest BCUT2D eigenvalue weighted by Gasteiger charge is -2.09. The number of carbonyl (C=O) groups is 1. The van der Waals surface area contributed by atoms with Crippen molar-refractivity contribution in [2.75, 3.05) is 5.32 Å². The summed E-state index contributed by atoms with van der Waals surface area (Å²) in [5, 5.41) is 8.03. The fraction of sp³-hybridized carbons (Fsp3) is 0.105. The Kier molecular flexibility index (Phi) is 3.78. The van der Waals surface area contributed by atoms with Crippen LogP contribution < -0.4 is 5.32 Å². The molecule has 1 N–H and O–H groups in total. The molecule has 0 aliphatic rings. The summed E-state index contributed by atoms with van der Waals surface area (Å²) in [7, 11) is 0. The smallest absolute Gasteiger partial charge is 0.229 e. The highest BCUT2D eigenvalue weighted by molar-refractivity contribution is 5.96. The number of hydrogen-bond donors (Lipinski definition) is 1. The van der Waals surface area contributed by atoms with E-state index in [1.165, 1.54) is 0 Å². The highest BCUT2D eigenvalue weighted by Gasteiger charge is 2.13. The number of rotatable bonds is 4. The summed E-state index contributed by atoms with van der Waals surface area (Å²) in [5.41, 5.74) is 3.38. The van der Waals surface area contributed by atoms with E-state index in [0.717, 1.165) is 22.1 Å². The molecule has 4 rings (SSSR count). The van der Waals surface area contributed by atoms with Crippen LogP contribution in [0, 0.1) is 6.92 Å². The van der Waals surface area contributed by atoms with Crippen molar-refractivity contribution in [1.29, 1.82) is 0 Å². The first-order chi connectivity index (χ1) is 12.2. The van der Waals surface area contributed by atoms with E-state index in [0.29, 0.717) is 11.5 Å². The molecule has 0 unspecified atom stereocenters. The molecule has 0 saturated heterocycles. The van der Waals surface area contributed by atoms with Crippen molar-refractivity contribution in [3.63, 3.8) is 0 Å². The first-order valence-corrected chi connectivity index (χ1v) is 7.92. The van der Waals surface area contributed by atoms with Gasteiger partial charge in [0.25, 0.3) is 0 Å². The fourth-order valence-electron chi connectivity index (χ4n) is 2.77. The molecule has 0 bridgehead atoms. The van der Waals surface area contributed by atoms with E-state index in [4.69, 9.17) is 4.42 Å². The van der Waals surface area contributed by atoms with E-state index < -0.39 is 0 Å². The molecule has 1 amide bonds. The van der Waals surface area contributed by atoms with Crippen LogP contribution in [-0.2, 0) is 11.2 Å². The number of furan rings is 1. The summed E-state index contributed by atoms with van der Waals surface area (Å²) in [6, 6.07) is 11.3. The average Bonchev–Trinajstić information content (AvgIpc) is 3.25. The van der Waals surface area contributed by atoms with Gasteiger partial charge in [-0.2, -0.15) is 5.10 Å². The number of hydrogen-bond acceptors (Lipinski definition) is 4. The van der Waals surface area contributed by atoms with Crippen LogP contribution in [0.25, 0.3) is 16.8 Å². The third-order valence-electron chi connectivity index (χ3n) is 3.94. The molecule has 124 valence electrons. The second-order valence-electron chi connectivity index (χ2n) is 5.81. The molecular formula is C19H16N4O2. The van der Waals surface area contributed by atoms with Gasteiger partial charge in [0.05, 0.1) is 18.4 Å². The highest BCUT2D eigenvalue weighted by atomic mass is 16.3. The van der Waals surface area contributed by atoms with Crippen LogP contribution >= 0.6 is 0 Å². The summed E-state index contributed by atoms with van der Waals surface area (Å²) in [6.45, 7) is 2.01. The largest absolute Gasteiger partial charge is 0.464 e. The van der Waals surface area contributed by atoms with Gasteiger partial charge in [0.1, 0.15) is 5.58 Å². The second-order valence-corrected chi connectivity index (χ2v) is 5.81. The summed E-state index contributed by atoms with van der Waals surface area (Å²) in [6.07, 6.45) is 6.98. The van der Waals surface area contributed by atoms with E-state index in [1.54, 1.807) is 47.7 Å². The Balaban J connectivity index is 1.57. The number of amides is 1. The first-order valence-electron chi connectivity index (χ1n) is 7.92. The van der Waals surface area contributed by atoms with Crippen molar-refractivity contribution in [3.8, 4) is 5.82 Å². The number of anilines is 1. The van der Waals surface area contributed by atoms with Crippen LogP contribution in [0.2, 0.25) is 0 Å². The molecule has 0 aliphatic heterocycles. The van der Waals surface area contributed by atoms with Gasteiger partial charge in [-0.3, -0.25) is 4.79 Å². The molecule has 0 spiro atoms. The predicted molar refractivity (Wildman–Crippen MR) is 94.6 cm³/mol. The van der Waals surface area contributed by atoms with Crippen LogP contribution in [0.1, 0.15) is 11.1 Å². The van der Waals surface area contributed by atoms with Crippen LogP contribution in [-0.4, -0.2) is 20.7 Å². The standard InChI is InChI=1S/C19H16N4O2/c1-13-5-6-15-14(12-25-17(15)10-13)11-18(24)22-16-4-2-7-20-19(16)23-9-3-8-21-23/h2-10,12H,11H2,1H3,(H,22,24). The predicted octanol–water partition coefficient (Wildman–Crippen LogP) is 3.50. The van der Waals surface area contributed by atoms with Gasteiger partial charge in [0.15, 0.2) is 5.82 Å². The van der Waals surface area contributed by atoms with Crippen molar-refractivity contribution in [1.82, 2.24) is 14.8 Å². The number of benzene rings is 1. The molecule has 25 heavy (non-hydrogen) atoms. The zero-order valence-electron chi connectivity index (χ0n) is 13.6. The molecule has 3 aromatic heterocycles. The molecule has 3 heterocycles. The lowest BCUT2D eigenvalue weighted by Crippen LogP contribution is -2.16. The topological polar surface area (TPSA) is 73.0 Å². The van der Waals surface area contributed by atoms with Crippen molar-refractivity contribution in [3.05, 3.63) is 72.4 Å². The third-order valence-corrected chi connectivity index (χ3v) is 3.94. The Morgan fingerprint density at radius 2 is 2.16 bits per heavy atom. The van der Waals surface area contributed by atoms with Crippen LogP contribution in [0.15, 0.2) is 65.7 Å². The zero-order valence-corrected chi connectivity index (χ0v) is 13.6. The lowest BCUT2D eigenvalue weighted by molar-refractivity contribution is -0.115. The van der Waals surface area contributed by atoms with E-state index in [-0.39, 0.29) is 12.3 Å². The van der Waals surface area contributed by atoms with Crippen molar-refractivity contribution < 1.29 is 9.21 Å². The van der Waals surface area contributed by atoms with Gasteiger partial charge in [-0.1, -0.05) is 12.1 Å². The van der Waals surface area contributed by atoms with Crippen molar-refractivity contribution in [2.24, 2.45) is 0 Å². The molecule has 0 radical (unpaired) electrons. The number of nitrogens with one attached hydrogen (secondary N) is 1. The van der Waals surface area contributed by atoms with Gasteiger partial charge in [0.2, 0.25) is 5.91 Å². The molecule has 0 fully saturated rings. The van der Waals surface area contributed by atoms with Gasteiger partial charge >= 0.3 is 0 Å². The van der Waals surface area contributed by atoms with E-state index >= 15 is 0 Å². The summed E-state index contributed by atoms with van der Waals surface area (Å²) >= 11 is 0. The van der Waals surface area contributed by atoms with E-state index in [2.05, 4.69) is 15.4 Å². The normalized spacial score (nSPS) is 10.9. The third kappa shape index (κ3) is 3.01. The highest BCUT2D eigenvalue weighted by Crippen LogP contribution is 2.23. The minimum Gasteiger partial charge on any atom is -0.464 e. The number of carbonyl (C=O) groups excluding carboxylic acids is 1. The fourth-order valence-corrected chi connectivity index (χ4v) is 2.77. The molecule has 6 heteroatoms. The number of aryl methyl sites for hydroxylation is 1. The molecule has 0 saturated carbocycles. The Hall–Kier alpha value is -3.41. The van der Waals surface area contributed by atoms with Crippen LogP contribution in [0.5, 0.6) is 0 Å². The van der Waals surface area contributed by atoms with Gasteiger partial charge in [-0.05, 0) is 36.8 Å². The van der Waals surface area contributed by atoms with Gasteiger partial charge in [-0.15, -0.1) is 0 Å². The Bertz CT molecular complexity index is 1030. The Morgan fingerprint density at radius 1 is 1.24 bits per heavy atom. The van der Waals surface area contributed by atoms with E-state index in [9.17, 15) is 4.79 Å². The second kappa shape index (κ2) is 6.24. The van der Waals surface area contributed by atoms with Gasteiger partial charge in [-0.25, -0.2) is 9.67 Å². The minimum atomic E-state index is -0.135.